The highest BCUT2D eigenvalue weighted by molar-refractivity contribution is 5.79. The zero-order valence-electron chi connectivity index (χ0n) is 11.6. The summed E-state index contributed by atoms with van der Waals surface area (Å²) in [5.74, 6) is 7.12. The molecule has 2 unspecified atom stereocenters. The molecule has 4 N–H and O–H groups in total. The van der Waals surface area contributed by atoms with Gasteiger partial charge in [0.1, 0.15) is 0 Å². The van der Waals surface area contributed by atoms with E-state index < -0.39 is 0 Å². The molecule has 3 rings (SSSR count). The van der Waals surface area contributed by atoms with Crippen molar-refractivity contribution in [3.05, 3.63) is 0 Å². The molecule has 3 fully saturated rings. The molecule has 0 amide bonds. The van der Waals surface area contributed by atoms with Crippen molar-refractivity contribution < 1.29 is 4.74 Å². The minimum Gasteiger partial charge on any atom is -0.376 e. The summed E-state index contributed by atoms with van der Waals surface area (Å²) < 4.78 is 5.82. The summed E-state index contributed by atoms with van der Waals surface area (Å²) in [4.78, 5) is 4.78. The Balaban J connectivity index is 1.58. The van der Waals surface area contributed by atoms with Gasteiger partial charge in [0.25, 0.3) is 0 Å². The summed E-state index contributed by atoms with van der Waals surface area (Å²) in [6.45, 7) is 0.844. The predicted molar refractivity (Wildman–Crippen MR) is 75.6 cm³/mol. The van der Waals surface area contributed by atoms with Crippen molar-refractivity contribution in [2.45, 2.75) is 69.6 Å². The Kier molecular flexibility index (Phi) is 4.23. The van der Waals surface area contributed by atoms with Crippen LogP contribution in [-0.2, 0) is 4.74 Å². The molecule has 1 saturated heterocycles. The third-order valence-corrected chi connectivity index (χ3v) is 4.57. The van der Waals surface area contributed by atoms with Crippen LogP contribution in [0.1, 0.15) is 51.4 Å². The Bertz CT molecular complexity index is 323. The number of nitrogens with one attached hydrogen (secondary N) is 2. The lowest BCUT2D eigenvalue weighted by molar-refractivity contribution is 0.0874. The van der Waals surface area contributed by atoms with Crippen LogP contribution in [0, 0.1) is 5.92 Å². The van der Waals surface area contributed by atoms with Crippen molar-refractivity contribution in [1.29, 1.82) is 0 Å². The van der Waals surface area contributed by atoms with Crippen LogP contribution in [0.3, 0.4) is 0 Å². The number of ether oxygens (including phenoxy) is 1. The van der Waals surface area contributed by atoms with Gasteiger partial charge in [-0.05, 0) is 38.0 Å². The van der Waals surface area contributed by atoms with Crippen molar-refractivity contribution in [2.75, 3.05) is 6.61 Å². The standard InChI is InChI=1S/C14H26N4O/c15-18-14(16-11-4-2-1-3-5-11)17-12-8-9-19-13(12)10-6-7-10/h10-13H,1-9,15H2,(H2,16,17,18). The first-order valence-electron chi connectivity index (χ1n) is 7.79. The Morgan fingerprint density at radius 3 is 2.53 bits per heavy atom. The second-order valence-electron chi connectivity index (χ2n) is 6.13. The van der Waals surface area contributed by atoms with Crippen LogP contribution in [0.2, 0.25) is 0 Å². The average molecular weight is 266 g/mol. The molecule has 0 aromatic carbocycles. The van der Waals surface area contributed by atoms with Gasteiger partial charge in [-0.25, -0.2) is 10.8 Å². The van der Waals surface area contributed by atoms with Gasteiger partial charge in [-0.1, -0.05) is 19.3 Å². The maximum Gasteiger partial charge on any atom is 0.206 e. The van der Waals surface area contributed by atoms with E-state index in [1.165, 1.54) is 44.9 Å². The molecule has 5 nitrogen and oxygen atoms in total. The van der Waals surface area contributed by atoms with Crippen LogP contribution in [0.25, 0.3) is 0 Å². The molecule has 2 aliphatic carbocycles. The van der Waals surface area contributed by atoms with Crippen molar-refractivity contribution in [3.63, 3.8) is 0 Å². The lowest BCUT2D eigenvalue weighted by Gasteiger charge is -2.25. The molecule has 108 valence electrons. The van der Waals surface area contributed by atoms with Gasteiger partial charge in [-0.3, -0.25) is 5.43 Å². The van der Waals surface area contributed by atoms with E-state index in [0.29, 0.717) is 12.1 Å². The summed E-state index contributed by atoms with van der Waals surface area (Å²) in [7, 11) is 0. The Morgan fingerprint density at radius 2 is 1.84 bits per heavy atom. The number of hydrogen-bond acceptors (Lipinski definition) is 3. The van der Waals surface area contributed by atoms with Crippen LogP contribution < -0.4 is 16.6 Å². The van der Waals surface area contributed by atoms with Gasteiger partial charge >= 0.3 is 0 Å². The number of hydrogen-bond donors (Lipinski definition) is 3. The summed E-state index contributed by atoms with van der Waals surface area (Å²) >= 11 is 0. The van der Waals surface area contributed by atoms with Crippen LogP contribution >= 0.6 is 0 Å². The molecule has 0 aromatic heterocycles. The summed E-state index contributed by atoms with van der Waals surface area (Å²) in [5.41, 5.74) is 2.74. The van der Waals surface area contributed by atoms with Gasteiger partial charge in [0.2, 0.25) is 5.96 Å². The van der Waals surface area contributed by atoms with E-state index in [4.69, 9.17) is 15.6 Å². The molecule has 5 heteroatoms. The van der Waals surface area contributed by atoms with Crippen molar-refractivity contribution in [1.82, 2.24) is 10.7 Å². The molecule has 0 spiro atoms. The van der Waals surface area contributed by atoms with E-state index in [9.17, 15) is 0 Å². The second-order valence-corrected chi connectivity index (χ2v) is 6.13. The third kappa shape index (κ3) is 3.39. The molecular weight excluding hydrogens is 240 g/mol. The van der Waals surface area contributed by atoms with Gasteiger partial charge in [0.05, 0.1) is 12.1 Å². The number of hydrazine groups is 1. The minimum absolute atomic E-state index is 0.287. The van der Waals surface area contributed by atoms with Gasteiger partial charge in [-0.2, -0.15) is 0 Å². The molecule has 2 saturated carbocycles. The van der Waals surface area contributed by atoms with Crippen LogP contribution in [0.4, 0.5) is 0 Å². The molecule has 3 aliphatic rings. The maximum atomic E-state index is 5.82. The first-order chi connectivity index (χ1) is 9.36. The lowest BCUT2D eigenvalue weighted by Crippen LogP contribution is -2.48. The zero-order valence-corrected chi connectivity index (χ0v) is 11.6. The molecule has 0 radical (unpaired) electrons. The maximum absolute atomic E-state index is 5.82. The van der Waals surface area contributed by atoms with E-state index in [2.05, 4.69) is 10.7 Å². The summed E-state index contributed by atoms with van der Waals surface area (Å²) in [6.07, 6.45) is 10.4. The first-order valence-corrected chi connectivity index (χ1v) is 7.79. The van der Waals surface area contributed by atoms with E-state index in [1.807, 2.05) is 0 Å². The summed E-state index contributed by atoms with van der Waals surface area (Å²) in [6, 6.07) is 0.819. The van der Waals surface area contributed by atoms with Crippen LogP contribution in [-0.4, -0.2) is 30.8 Å². The lowest BCUT2D eigenvalue weighted by atomic mass is 9.96. The van der Waals surface area contributed by atoms with Crippen molar-refractivity contribution in [2.24, 2.45) is 16.8 Å². The van der Waals surface area contributed by atoms with E-state index >= 15 is 0 Å². The third-order valence-electron chi connectivity index (χ3n) is 4.57. The Labute approximate surface area is 115 Å². The molecule has 0 aromatic rings. The number of guanidine groups is 1. The van der Waals surface area contributed by atoms with Gasteiger partial charge in [-0.15, -0.1) is 0 Å². The molecule has 0 bridgehead atoms. The highest BCUT2D eigenvalue weighted by Gasteiger charge is 2.40. The van der Waals surface area contributed by atoms with Crippen molar-refractivity contribution >= 4 is 5.96 Å². The normalized spacial score (nSPS) is 33.4. The van der Waals surface area contributed by atoms with Gasteiger partial charge in [0, 0.05) is 12.6 Å². The smallest absolute Gasteiger partial charge is 0.206 e. The van der Waals surface area contributed by atoms with Crippen LogP contribution in [0.15, 0.2) is 4.99 Å². The number of nitrogens with zero attached hydrogens (tertiary/aromatic N) is 1. The first kappa shape index (κ1) is 13.2. The number of nitrogens with two attached hydrogens (primary N) is 1. The fourth-order valence-electron chi connectivity index (χ4n) is 3.34. The fraction of sp³-hybridized carbons (Fsp3) is 0.929. The minimum atomic E-state index is 0.287. The monoisotopic (exact) mass is 266 g/mol. The fourth-order valence-corrected chi connectivity index (χ4v) is 3.34. The predicted octanol–water partition coefficient (Wildman–Crippen LogP) is 1.30. The number of rotatable bonds is 3. The van der Waals surface area contributed by atoms with Gasteiger partial charge in [0.15, 0.2) is 0 Å². The molecule has 1 aliphatic heterocycles. The van der Waals surface area contributed by atoms with Crippen LogP contribution in [0.5, 0.6) is 0 Å². The van der Waals surface area contributed by atoms with E-state index in [0.717, 1.165) is 24.9 Å². The van der Waals surface area contributed by atoms with E-state index in [-0.39, 0.29) is 6.04 Å². The van der Waals surface area contributed by atoms with Crippen molar-refractivity contribution in [3.8, 4) is 0 Å². The molecule has 1 heterocycles. The van der Waals surface area contributed by atoms with E-state index in [1.54, 1.807) is 0 Å². The quantitative estimate of drug-likeness (QED) is 0.311. The summed E-state index contributed by atoms with van der Waals surface area (Å²) in [5, 5.41) is 3.47. The Morgan fingerprint density at radius 1 is 1.05 bits per heavy atom. The molecule has 19 heavy (non-hydrogen) atoms. The van der Waals surface area contributed by atoms with Gasteiger partial charge < -0.3 is 10.1 Å². The average Bonchev–Trinajstić information content (AvgIpc) is 3.19. The molecular formula is C14H26N4O. The highest BCUT2D eigenvalue weighted by Crippen LogP contribution is 2.39. The zero-order chi connectivity index (χ0) is 13.1. The highest BCUT2D eigenvalue weighted by atomic mass is 16.5. The molecule has 2 atom stereocenters. The number of aliphatic imine (C=N–C) groups is 1. The topological polar surface area (TPSA) is 71.7 Å². The Hall–Kier alpha value is -0.810. The second kappa shape index (κ2) is 6.09. The largest absolute Gasteiger partial charge is 0.376 e. The SMILES string of the molecule is NNC(=NC1CCOC1C1CC1)NC1CCCCC1.